The van der Waals surface area contributed by atoms with Gasteiger partial charge in [-0.1, -0.05) is 6.42 Å². The van der Waals surface area contributed by atoms with Crippen molar-refractivity contribution in [1.29, 1.82) is 0 Å². The molecule has 0 aromatic rings. The number of aliphatic hydroxyl groups excluding tert-OH is 1. The average Bonchev–Trinajstić information content (AvgIpc) is 2.35. The summed E-state index contributed by atoms with van der Waals surface area (Å²) in [6.07, 6.45) is 3.08. The Kier molecular flexibility index (Phi) is 7.16. The number of hydrogen-bond acceptors (Lipinski definition) is 5. The molecule has 0 radical (unpaired) electrons. The zero-order chi connectivity index (χ0) is 12.5. The molecule has 0 spiro atoms. The van der Waals surface area contributed by atoms with Gasteiger partial charge in [-0.2, -0.15) is 0 Å². The Balaban J connectivity index is 2.34. The fourth-order valence-corrected chi connectivity index (χ4v) is 2.11. The normalized spacial score (nSPS) is 21.4. The molecule has 5 heteroatoms. The van der Waals surface area contributed by atoms with Gasteiger partial charge in [0.05, 0.1) is 26.4 Å². The van der Waals surface area contributed by atoms with E-state index in [-0.39, 0.29) is 18.6 Å². The molecule has 0 bridgehead atoms. The van der Waals surface area contributed by atoms with E-state index in [0.717, 1.165) is 32.4 Å². The van der Waals surface area contributed by atoms with Crippen LogP contribution in [0, 0.1) is 0 Å². The molecule has 1 rings (SSSR count). The molecule has 1 atom stereocenters. The van der Waals surface area contributed by atoms with Crippen LogP contribution in [0.2, 0.25) is 0 Å². The van der Waals surface area contributed by atoms with Crippen LogP contribution in [0.5, 0.6) is 0 Å². The highest BCUT2D eigenvalue weighted by molar-refractivity contribution is 5.75. The van der Waals surface area contributed by atoms with Crippen LogP contribution in [0.3, 0.4) is 0 Å². The van der Waals surface area contributed by atoms with E-state index >= 15 is 0 Å². The van der Waals surface area contributed by atoms with Crippen molar-refractivity contribution in [2.75, 3.05) is 39.5 Å². The van der Waals surface area contributed by atoms with Gasteiger partial charge in [-0.15, -0.1) is 0 Å². The number of hydrogen-bond donors (Lipinski definition) is 1. The number of aliphatic hydroxyl groups is 1. The molecule has 0 amide bonds. The van der Waals surface area contributed by atoms with Crippen LogP contribution >= 0.6 is 0 Å². The monoisotopic (exact) mass is 245 g/mol. The standard InChI is InChI=1S/C12H23NO4/c1-2-17-12(15)11-5-3-4-6-13(11)7-9-16-10-8-14/h11,14H,2-10H2,1H3. The van der Waals surface area contributed by atoms with Gasteiger partial charge in [0.1, 0.15) is 6.04 Å². The molecule has 100 valence electrons. The highest BCUT2D eigenvalue weighted by Crippen LogP contribution is 2.17. The van der Waals surface area contributed by atoms with Gasteiger partial charge in [0, 0.05) is 6.54 Å². The van der Waals surface area contributed by atoms with E-state index in [1.807, 2.05) is 6.92 Å². The summed E-state index contributed by atoms with van der Waals surface area (Å²) in [6.45, 7) is 4.87. The van der Waals surface area contributed by atoms with Gasteiger partial charge in [-0.05, 0) is 26.3 Å². The minimum absolute atomic E-state index is 0.0430. The third-order valence-electron chi connectivity index (χ3n) is 2.93. The molecule has 0 aliphatic carbocycles. The third-order valence-corrected chi connectivity index (χ3v) is 2.93. The number of ether oxygens (including phenoxy) is 2. The van der Waals surface area contributed by atoms with Crippen LogP contribution in [0.4, 0.5) is 0 Å². The van der Waals surface area contributed by atoms with E-state index in [4.69, 9.17) is 14.6 Å². The molecule has 1 unspecified atom stereocenters. The quantitative estimate of drug-likeness (QED) is 0.520. The fourth-order valence-electron chi connectivity index (χ4n) is 2.11. The number of piperidine rings is 1. The first-order valence-corrected chi connectivity index (χ1v) is 6.39. The van der Waals surface area contributed by atoms with Crippen molar-refractivity contribution in [1.82, 2.24) is 4.90 Å². The largest absolute Gasteiger partial charge is 0.465 e. The van der Waals surface area contributed by atoms with Crippen molar-refractivity contribution in [3.63, 3.8) is 0 Å². The number of esters is 1. The molecule has 1 heterocycles. The first-order valence-electron chi connectivity index (χ1n) is 6.39. The van der Waals surface area contributed by atoms with Crippen LogP contribution in [0.15, 0.2) is 0 Å². The number of carbonyl (C=O) groups excluding carboxylic acids is 1. The topological polar surface area (TPSA) is 59.0 Å². The van der Waals surface area contributed by atoms with E-state index in [0.29, 0.717) is 19.8 Å². The van der Waals surface area contributed by atoms with Gasteiger partial charge >= 0.3 is 5.97 Å². The summed E-state index contributed by atoms with van der Waals surface area (Å²) in [5.41, 5.74) is 0. The van der Waals surface area contributed by atoms with Crippen molar-refractivity contribution in [2.45, 2.75) is 32.2 Å². The first-order chi connectivity index (χ1) is 8.29. The van der Waals surface area contributed by atoms with Gasteiger partial charge in [-0.3, -0.25) is 9.69 Å². The summed E-state index contributed by atoms with van der Waals surface area (Å²) in [4.78, 5) is 13.9. The summed E-state index contributed by atoms with van der Waals surface area (Å²) in [5, 5.41) is 8.60. The van der Waals surface area contributed by atoms with E-state index < -0.39 is 0 Å². The Morgan fingerprint density at radius 2 is 2.24 bits per heavy atom. The summed E-state index contributed by atoms with van der Waals surface area (Å²) in [5.74, 6) is -0.116. The Bertz CT molecular complexity index is 223. The van der Waals surface area contributed by atoms with Gasteiger partial charge < -0.3 is 14.6 Å². The summed E-state index contributed by atoms with van der Waals surface area (Å²) < 4.78 is 10.3. The molecular weight excluding hydrogens is 222 g/mol. The number of rotatable bonds is 7. The maximum atomic E-state index is 11.8. The van der Waals surface area contributed by atoms with Crippen LogP contribution in [0.1, 0.15) is 26.2 Å². The second-order valence-electron chi connectivity index (χ2n) is 4.14. The molecule has 1 aliphatic heterocycles. The second-order valence-corrected chi connectivity index (χ2v) is 4.14. The molecule has 0 aromatic heterocycles. The Morgan fingerprint density at radius 1 is 1.41 bits per heavy atom. The number of nitrogens with zero attached hydrogens (tertiary/aromatic N) is 1. The predicted molar refractivity (Wildman–Crippen MR) is 63.7 cm³/mol. The van der Waals surface area contributed by atoms with Gasteiger partial charge in [-0.25, -0.2) is 0 Å². The minimum Gasteiger partial charge on any atom is -0.465 e. The lowest BCUT2D eigenvalue weighted by Crippen LogP contribution is -2.46. The van der Waals surface area contributed by atoms with E-state index in [9.17, 15) is 4.79 Å². The maximum Gasteiger partial charge on any atom is 0.323 e. The van der Waals surface area contributed by atoms with Crippen molar-refractivity contribution in [3.05, 3.63) is 0 Å². The third kappa shape index (κ3) is 5.02. The average molecular weight is 245 g/mol. The van der Waals surface area contributed by atoms with Crippen LogP contribution in [-0.4, -0.2) is 61.5 Å². The highest BCUT2D eigenvalue weighted by Gasteiger charge is 2.29. The zero-order valence-corrected chi connectivity index (χ0v) is 10.6. The summed E-state index contributed by atoms with van der Waals surface area (Å²) in [6, 6.07) is -0.110. The Labute approximate surface area is 103 Å². The minimum atomic E-state index is -0.116. The zero-order valence-electron chi connectivity index (χ0n) is 10.6. The maximum absolute atomic E-state index is 11.8. The highest BCUT2D eigenvalue weighted by atomic mass is 16.5. The predicted octanol–water partition coefficient (Wildman–Crippen LogP) is 0.413. The lowest BCUT2D eigenvalue weighted by Gasteiger charge is -2.33. The van der Waals surface area contributed by atoms with Crippen LogP contribution in [0.25, 0.3) is 0 Å². The van der Waals surface area contributed by atoms with Gasteiger partial charge in [0.15, 0.2) is 0 Å². The first kappa shape index (κ1) is 14.4. The summed E-state index contributed by atoms with van der Waals surface area (Å²) in [7, 11) is 0. The van der Waals surface area contributed by atoms with Crippen molar-refractivity contribution in [3.8, 4) is 0 Å². The van der Waals surface area contributed by atoms with Gasteiger partial charge in [0.25, 0.3) is 0 Å². The number of likely N-dealkylation sites (tertiary alicyclic amines) is 1. The molecule has 5 nitrogen and oxygen atoms in total. The van der Waals surface area contributed by atoms with Crippen molar-refractivity contribution < 1.29 is 19.4 Å². The smallest absolute Gasteiger partial charge is 0.323 e. The molecule has 1 saturated heterocycles. The van der Waals surface area contributed by atoms with Crippen LogP contribution in [-0.2, 0) is 14.3 Å². The molecule has 1 N–H and O–H groups in total. The molecule has 1 aliphatic rings. The van der Waals surface area contributed by atoms with E-state index in [1.165, 1.54) is 0 Å². The van der Waals surface area contributed by atoms with Gasteiger partial charge in [0.2, 0.25) is 0 Å². The fraction of sp³-hybridized carbons (Fsp3) is 0.917. The molecule has 0 aromatic carbocycles. The van der Waals surface area contributed by atoms with Crippen molar-refractivity contribution in [2.24, 2.45) is 0 Å². The van der Waals surface area contributed by atoms with E-state index in [1.54, 1.807) is 0 Å². The second kappa shape index (κ2) is 8.44. The van der Waals surface area contributed by atoms with Crippen molar-refractivity contribution >= 4 is 5.97 Å². The lowest BCUT2D eigenvalue weighted by molar-refractivity contribution is -0.151. The molecular formula is C12H23NO4. The Morgan fingerprint density at radius 3 is 2.94 bits per heavy atom. The van der Waals surface area contributed by atoms with E-state index in [2.05, 4.69) is 4.90 Å². The molecule has 17 heavy (non-hydrogen) atoms. The molecule has 0 saturated carbocycles. The number of carbonyl (C=O) groups is 1. The lowest BCUT2D eigenvalue weighted by atomic mass is 10.0. The van der Waals surface area contributed by atoms with Crippen LogP contribution < -0.4 is 0 Å². The summed E-state index contributed by atoms with van der Waals surface area (Å²) >= 11 is 0. The SMILES string of the molecule is CCOC(=O)C1CCCCN1CCOCCO. The Hall–Kier alpha value is -0.650. The molecule has 1 fully saturated rings.